The normalized spacial score (nSPS) is 16.8. The molecule has 3 rings (SSSR count). The van der Waals surface area contributed by atoms with Crippen molar-refractivity contribution in [2.45, 2.75) is 25.6 Å². The number of fused-ring (bicyclic) bond motifs is 1. The van der Waals surface area contributed by atoms with Crippen LogP contribution in [-0.4, -0.2) is 23.6 Å². The Balaban J connectivity index is 1.60. The van der Waals surface area contributed by atoms with E-state index in [1.807, 2.05) is 24.3 Å². The van der Waals surface area contributed by atoms with Crippen LogP contribution in [0.2, 0.25) is 0 Å². The van der Waals surface area contributed by atoms with E-state index in [1.54, 1.807) is 0 Å². The molecule has 2 heterocycles. The lowest BCUT2D eigenvalue weighted by atomic mass is 9.97. The third-order valence-corrected chi connectivity index (χ3v) is 4.48. The van der Waals surface area contributed by atoms with E-state index in [9.17, 15) is 22.8 Å². The summed E-state index contributed by atoms with van der Waals surface area (Å²) < 4.78 is 44.7. The summed E-state index contributed by atoms with van der Waals surface area (Å²) in [6.07, 6.45) is -2.42. The Morgan fingerprint density at radius 2 is 2.00 bits per heavy atom. The molecular formula is C19H19F3N2O3. The zero-order chi connectivity index (χ0) is 19.4. The first kappa shape index (κ1) is 19.0. The molecule has 0 aliphatic carbocycles. The van der Waals surface area contributed by atoms with Gasteiger partial charge in [0.1, 0.15) is 12.3 Å². The van der Waals surface area contributed by atoms with Crippen LogP contribution in [0.1, 0.15) is 17.5 Å². The average Bonchev–Trinajstić information content (AvgIpc) is 2.82. The van der Waals surface area contributed by atoms with Crippen molar-refractivity contribution < 1.29 is 22.7 Å². The van der Waals surface area contributed by atoms with Gasteiger partial charge in [0.25, 0.3) is 5.56 Å². The molecule has 1 N–H and O–H groups in total. The number of para-hydroxylation sites is 1. The number of pyridine rings is 1. The van der Waals surface area contributed by atoms with Crippen molar-refractivity contribution in [2.75, 3.05) is 13.2 Å². The molecule has 0 spiro atoms. The molecule has 1 atom stereocenters. The standard InChI is InChI=1S/C19H19F3N2O3/c20-19(21,22)15-5-6-18(26)24(11-15)12-17(25)23-10-13-7-8-27-16-4-2-1-3-14(16)9-13/h1-6,11,13H,7-10,12H2,(H,23,25)/t13-/m0/s1. The number of aromatic nitrogens is 1. The maximum atomic E-state index is 12.8. The summed E-state index contributed by atoms with van der Waals surface area (Å²) in [5.74, 6) is 0.479. The number of hydrogen-bond acceptors (Lipinski definition) is 3. The fourth-order valence-corrected chi connectivity index (χ4v) is 3.03. The van der Waals surface area contributed by atoms with Gasteiger partial charge in [-0.3, -0.25) is 9.59 Å². The predicted molar refractivity (Wildman–Crippen MR) is 92.5 cm³/mol. The van der Waals surface area contributed by atoms with Crippen LogP contribution < -0.4 is 15.6 Å². The van der Waals surface area contributed by atoms with Crippen molar-refractivity contribution in [1.29, 1.82) is 0 Å². The summed E-state index contributed by atoms with van der Waals surface area (Å²) in [6, 6.07) is 9.21. The smallest absolute Gasteiger partial charge is 0.417 e. The Hall–Kier alpha value is -2.77. The Morgan fingerprint density at radius 1 is 1.22 bits per heavy atom. The molecule has 1 aliphatic heterocycles. The number of carbonyl (C=O) groups is 1. The van der Waals surface area contributed by atoms with Crippen LogP contribution in [0.3, 0.4) is 0 Å². The topological polar surface area (TPSA) is 60.3 Å². The maximum Gasteiger partial charge on any atom is 0.417 e. The first-order valence-electron chi connectivity index (χ1n) is 8.58. The largest absolute Gasteiger partial charge is 0.493 e. The van der Waals surface area contributed by atoms with Gasteiger partial charge < -0.3 is 14.6 Å². The van der Waals surface area contributed by atoms with Crippen LogP contribution in [0.15, 0.2) is 47.4 Å². The van der Waals surface area contributed by atoms with Gasteiger partial charge in [0.2, 0.25) is 5.91 Å². The third-order valence-electron chi connectivity index (χ3n) is 4.48. The van der Waals surface area contributed by atoms with Gasteiger partial charge in [-0.25, -0.2) is 0 Å². The van der Waals surface area contributed by atoms with Gasteiger partial charge in [-0.1, -0.05) is 18.2 Å². The predicted octanol–water partition coefficient (Wildman–Crippen LogP) is 2.62. The number of rotatable bonds is 4. The molecule has 5 nitrogen and oxygen atoms in total. The first-order chi connectivity index (χ1) is 12.8. The number of hydrogen-bond donors (Lipinski definition) is 1. The van der Waals surface area contributed by atoms with Crippen molar-refractivity contribution in [2.24, 2.45) is 5.92 Å². The van der Waals surface area contributed by atoms with Gasteiger partial charge in [0, 0.05) is 18.8 Å². The minimum Gasteiger partial charge on any atom is -0.493 e. The van der Waals surface area contributed by atoms with Gasteiger partial charge in [-0.15, -0.1) is 0 Å². The SMILES string of the molecule is O=C(Cn1cc(C(F)(F)F)ccc1=O)NC[C@H]1CCOc2ccccc2C1. The van der Waals surface area contributed by atoms with E-state index >= 15 is 0 Å². The Kier molecular flexibility index (Phi) is 5.53. The van der Waals surface area contributed by atoms with Gasteiger partial charge in [0.05, 0.1) is 12.2 Å². The van der Waals surface area contributed by atoms with Crippen molar-refractivity contribution in [3.8, 4) is 5.75 Å². The van der Waals surface area contributed by atoms with E-state index < -0.39 is 29.8 Å². The van der Waals surface area contributed by atoms with Gasteiger partial charge in [-0.05, 0) is 36.5 Å². The first-order valence-corrected chi connectivity index (χ1v) is 8.58. The molecule has 0 fully saturated rings. The lowest BCUT2D eigenvalue weighted by molar-refractivity contribution is -0.138. The summed E-state index contributed by atoms with van der Waals surface area (Å²) in [4.78, 5) is 23.8. The van der Waals surface area contributed by atoms with Crippen LogP contribution in [-0.2, 0) is 23.9 Å². The quantitative estimate of drug-likeness (QED) is 0.887. The minimum atomic E-state index is -4.57. The summed E-state index contributed by atoms with van der Waals surface area (Å²) >= 11 is 0. The lowest BCUT2D eigenvalue weighted by Gasteiger charge is -2.15. The summed E-state index contributed by atoms with van der Waals surface area (Å²) in [5, 5.41) is 2.71. The minimum absolute atomic E-state index is 0.149. The lowest BCUT2D eigenvalue weighted by Crippen LogP contribution is -2.35. The zero-order valence-electron chi connectivity index (χ0n) is 14.5. The molecule has 1 aromatic carbocycles. The van der Waals surface area contributed by atoms with Gasteiger partial charge in [-0.2, -0.15) is 13.2 Å². The molecule has 0 unspecified atom stereocenters. The van der Waals surface area contributed by atoms with Gasteiger partial charge >= 0.3 is 6.18 Å². The third kappa shape index (κ3) is 4.90. The molecule has 1 amide bonds. The highest BCUT2D eigenvalue weighted by Crippen LogP contribution is 2.28. The molecule has 2 aromatic rings. The Morgan fingerprint density at radius 3 is 2.78 bits per heavy atom. The second kappa shape index (κ2) is 7.85. The van der Waals surface area contributed by atoms with Crippen molar-refractivity contribution >= 4 is 5.91 Å². The second-order valence-electron chi connectivity index (χ2n) is 6.50. The van der Waals surface area contributed by atoms with Crippen LogP contribution >= 0.6 is 0 Å². The van der Waals surface area contributed by atoms with Crippen molar-refractivity contribution in [1.82, 2.24) is 9.88 Å². The van der Waals surface area contributed by atoms with Crippen LogP contribution in [0.5, 0.6) is 5.75 Å². The van der Waals surface area contributed by atoms with E-state index in [2.05, 4.69) is 5.32 Å². The number of nitrogens with zero attached hydrogens (tertiary/aromatic N) is 1. The summed E-state index contributed by atoms with van der Waals surface area (Å²) in [6.45, 7) is 0.442. The van der Waals surface area contributed by atoms with Crippen LogP contribution in [0.25, 0.3) is 0 Å². The number of halogens is 3. The highest BCUT2D eigenvalue weighted by atomic mass is 19.4. The summed E-state index contributed by atoms with van der Waals surface area (Å²) in [7, 11) is 0. The molecule has 0 saturated heterocycles. The maximum absolute atomic E-state index is 12.8. The second-order valence-corrected chi connectivity index (χ2v) is 6.50. The van der Waals surface area contributed by atoms with E-state index in [1.165, 1.54) is 0 Å². The number of amides is 1. The van der Waals surface area contributed by atoms with Crippen LogP contribution in [0.4, 0.5) is 13.2 Å². The zero-order valence-corrected chi connectivity index (χ0v) is 14.5. The number of alkyl halides is 3. The van der Waals surface area contributed by atoms with Gasteiger partial charge in [0.15, 0.2) is 0 Å². The molecule has 1 aliphatic rings. The molecule has 1 aromatic heterocycles. The fourth-order valence-electron chi connectivity index (χ4n) is 3.03. The number of benzene rings is 1. The van der Waals surface area contributed by atoms with E-state index in [0.717, 1.165) is 34.8 Å². The number of nitrogens with one attached hydrogen (secondary N) is 1. The molecule has 0 radical (unpaired) electrons. The van der Waals surface area contributed by atoms with E-state index in [0.29, 0.717) is 25.4 Å². The monoisotopic (exact) mass is 380 g/mol. The number of carbonyl (C=O) groups excluding carboxylic acids is 1. The highest BCUT2D eigenvalue weighted by Gasteiger charge is 2.31. The van der Waals surface area contributed by atoms with Crippen molar-refractivity contribution in [3.05, 3.63) is 64.1 Å². The van der Waals surface area contributed by atoms with E-state index in [4.69, 9.17) is 4.74 Å². The molecular weight excluding hydrogens is 361 g/mol. The molecule has 8 heteroatoms. The van der Waals surface area contributed by atoms with Crippen molar-refractivity contribution in [3.63, 3.8) is 0 Å². The van der Waals surface area contributed by atoms with Crippen LogP contribution in [0, 0.1) is 5.92 Å². The molecule has 27 heavy (non-hydrogen) atoms. The van der Waals surface area contributed by atoms with E-state index in [-0.39, 0.29) is 5.92 Å². The Labute approximate surface area is 153 Å². The molecule has 144 valence electrons. The Bertz CT molecular complexity index is 877. The number of ether oxygens (including phenoxy) is 1. The highest BCUT2D eigenvalue weighted by molar-refractivity contribution is 5.75. The molecule has 0 bridgehead atoms. The fraction of sp³-hybridized carbons (Fsp3) is 0.368. The molecule has 0 saturated carbocycles. The average molecular weight is 380 g/mol. The summed E-state index contributed by atoms with van der Waals surface area (Å²) in [5.41, 5.74) is -0.564.